The van der Waals surface area contributed by atoms with E-state index < -0.39 is 0 Å². The minimum Gasteiger partial charge on any atom is -0.316 e. The first-order valence-corrected chi connectivity index (χ1v) is 5.64. The molecule has 1 N–H and O–H groups in total. The van der Waals surface area contributed by atoms with E-state index in [0.29, 0.717) is 0 Å². The Balaban J connectivity index is 2.40. The van der Waals surface area contributed by atoms with Crippen LogP contribution in [0.5, 0.6) is 0 Å². The summed E-state index contributed by atoms with van der Waals surface area (Å²) < 4.78 is 0. The van der Waals surface area contributed by atoms with E-state index >= 15 is 0 Å². The Kier molecular flexibility index (Phi) is 2.78. The summed E-state index contributed by atoms with van der Waals surface area (Å²) in [7, 11) is 0. The van der Waals surface area contributed by atoms with Gasteiger partial charge in [-0.3, -0.25) is 0 Å². The number of hydrogen-bond donors (Lipinski definition) is 2. The van der Waals surface area contributed by atoms with E-state index in [-0.39, 0.29) is 5.41 Å². The summed E-state index contributed by atoms with van der Waals surface area (Å²) in [5, 5.41) is 4.21. The molecular formula is C11H14ClNS. The van der Waals surface area contributed by atoms with Crippen LogP contribution in [-0.4, -0.2) is 13.1 Å². The van der Waals surface area contributed by atoms with Gasteiger partial charge in [-0.15, -0.1) is 12.6 Å². The second kappa shape index (κ2) is 3.76. The number of hydrogen-bond acceptors (Lipinski definition) is 2. The van der Waals surface area contributed by atoms with Gasteiger partial charge in [0.05, 0.1) is 0 Å². The summed E-state index contributed by atoms with van der Waals surface area (Å²) in [4.78, 5) is 0.924. The molecule has 0 bridgehead atoms. The molecule has 1 aromatic carbocycles. The fourth-order valence-corrected chi connectivity index (χ4v) is 2.73. The quantitative estimate of drug-likeness (QED) is 0.704. The molecule has 76 valence electrons. The van der Waals surface area contributed by atoms with E-state index in [1.165, 1.54) is 5.56 Å². The van der Waals surface area contributed by atoms with Gasteiger partial charge in [0.25, 0.3) is 0 Å². The number of thiol groups is 1. The number of rotatable bonds is 1. The molecule has 1 aliphatic rings. The van der Waals surface area contributed by atoms with Crippen molar-refractivity contribution in [1.29, 1.82) is 0 Å². The van der Waals surface area contributed by atoms with E-state index in [2.05, 4.69) is 30.9 Å². The molecule has 0 spiro atoms. The highest BCUT2D eigenvalue weighted by Gasteiger charge is 2.31. The minimum atomic E-state index is 0.193. The molecule has 1 aliphatic heterocycles. The topological polar surface area (TPSA) is 12.0 Å². The zero-order valence-corrected chi connectivity index (χ0v) is 9.83. The Hall–Kier alpha value is -0.180. The Bertz CT molecular complexity index is 345. The first-order valence-electron chi connectivity index (χ1n) is 4.81. The minimum absolute atomic E-state index is 0.193. The molecule has 0 unspecified atom stereocenters. The molecule has 1 fully saturated rings. The predicted molar refractivity (Wildman–Crippen MR) is 63.5 cm³/mol. The second-order valence-corrected chi connectivity index (χ2v) is 5.08. The van der Waals surface area contributed by atoms with Crippen LogP contribution < -0.4 is 5.32 Å². The highest BCUT2D eigenvalue weighted by molar-refractivity contribution is 7.80. The van der Waals surface area contributed by atoms with Crippen molar-refractivity contribution in [2.45, 2.75) is 23.7 Å². The zero-order chi connectivity index (χ0) is 10.2. The van der Waals surface area contributed by atoms with Gasteiger partial charge in [-0.05, 0) is 30.7 Å². The third kappa shape index (κ3) is 1.79. The van der Waals surface area contributed by atoms with Crippen molar-refractivity contribution >= 4 is 24.2 Å². The molecule has 1 heterocycles. The number of nitrogens with one attached hydrogen (secondary N) is 1. The maximum Gasteiger partial charge on any atom is 0.0455 e. The first kappa shape index (κ1) is 10.3. The fourth-order valence-electron chi connectivity index (χ4n) is 2.04. The van der Waals surface area contributed by atoms with Crippen molar-refractivity contribution < 1.29 is 0 Å². The van der Waals surface area contributed by atoms with Crippen molar-refractivity contribution in [2.24, 2.45) is 0 Å². The van der Waals surface area contributed by atoms with Crippen molar-refractivity contribution in [3.8, 4) is 0 Å². The molecule has 1 saturated heterocycles. The average Bonchev–Trinajstić information content (AvgIpc) is 2.52. The van der Waals surface area contributed by atoms with Crippen LogP contribution >= 0.6 is 24.2 Å². The second-order valence-electron chi connectivity index (χ2n) is 4.15. The van der Waals surface area contributed by atoms with E-state index in [0.717, 1.165) is 29.4 Å². The van der Waals surface area contributed by atoms with Crippen LogP contribution in [-0.2, 0) is 5.41 Å². The summed E-state index contributed by atoms with van der Waals surface area (Å²) >= 11 is 10.5. The molecule has 0 saturated carbocycles. The molecule has 14 heavy (non-hydrogen) atoms. The van der Waals surface area contributed by atoms with Gasteiger partial charge in [-0.25, -0.2) is 0 Å². The van der Waals surface area contributed by atoms with Gasteiger partial charge in [0.15, 0.2) is 0 Å². The van der Waals surface area contributed by atoms with Crippen LogP contribution in [0.25, 0.3) is 0 Å². The van der Waals surface area contributed by atoms with E-state index in [9.17, 15) is 0 Å². The normalized spacial score (nSPS) is 26.8. The number of benzene rings is 1. The number of halogens is 1. The van der Waals surface area contributed by atoms with Crippen molar-refractivity contribution in [2.75, 3.05) is 13.1 Å². The van der Waals surface area contributed by atoms with Crippen LogP contribution in [0.4, 0.5) is 0 Å². The van der Waals surface area contributed by atoms with Crippen LogP contribution in [0.1, 0.15) is 18.9 Å². The molecule has 1 aromatic rings. The maximum absolute atomic E-state index is 6.22. The standard InChI is InChI=1S/C11H14ClNS/c1-11(4-5-13-7-11)9-3-2-8(14)6-10(9)12/h2-3,6,13-14H,4-5,7H2,1H3/t11-/m0/s1. The smallest absolute Gasteiger partial charge is 0.0455 e. The van der Waals surface area contributed by atoms with E-state index in [4.69, 9.17) is 11.6 Å². The van der Waals surface area contributed by atoms with Gasteiger partial charge >= 0.3 is 0 Å². The Labute approximate surface area is 95.3 Å². The predicted octanol–water partition coefficient (Wildman–Crippen LogP) is 2.88. The molecule has 0 amide bonds. The van der Waals surface area contributed by atoms with Gasteiger partial charge in [-0.2, -0.15) is 0 Å². The molecule has 2 rings (SSSR count). The zero-order valence-electron chi connectivity index (χ0n) is 8.18. The highest BCUT2D eigenvalue weighted by Crippen LogP contribution is 2.35. The summed E-state index contributed by atoms with van der Waals surface area (Å²) in [5.41, 5.74) is 1.43. The average molecular weight is 228 g/mol. The third-order valence-electron chi connectivity index (χ3n) is 2.97. The maximum atomic E-state index is 6.22. The molecule has 0 radical (unpaired) electrons. The monoisotopic (exact) mass is 227 g/mol. The van der Waals surface area contributed by atoms with Crippen LogP contribution in [0, 0.1) is 0 Å². The summed E-state index contributed by atoms with van der Waals surface area (Å²) in [6.45, 7) is 4.35. The van der Waals surface area contributed by atoms with Crippen molar-refractivity contribution in [1.82, 2.24) is 5.32 Å². The van der Waals surface area contributed by atoms with Gasteiger partial charge in [0.2, 0.25) is 0 Å². The summed E-state index contributed by atoms with van der Waals surface area (Å²) in [6, 6.07) is 6.02. The van der Waals surface area contributed by atoms with Crippen molar-refractivity contribution in [3.63, 3.8) is 0 Å². The largest absolute Gasteiger partial charge is 0.316 e. The molecule has 0 aliphatic carbocycles. The van der Waals surface area contributed by atoms with Crippen molar-refractivity contribution in [3.05, 3.63) is 28.8 Å². The lowest BCUT2D eigenvalue weighted by molar-refractivity contribution is 0.525. The molecule has 0 aromatic heterocycles. The summed E-state index contributed by atoms with van der Waals surface area (Å²) in [6.07, 6.45) is 1.15. The van der Waals surface area contributed by atoms with Gasteiger partial charge in [0, 0.05) is 21.9 Å². The fraction of sp³-hybridized carbons (Fsp3) is 0.455. The SMILES string of the molecule is C[C@]1(c2ccc(S)cc2Cl)CCNC1. The lowest BCUT2D eigenvalue weighted by Crippen LogP contribution is -2.25. The van der Waals surface area contributed by atoms with Crippen LogP contribution in [0.3, 0.4) is 0 Å². The Morgan fingerprint density at radius 1 is 1.50 bits per heavy atom. The summed E-state index contributed by atoms with van der Waals surface area (Å²) in [5.74, 6) is 0. The molecule has 3 heteroatoms. The van der Waals surface area contributed by atoms with Gasteiger partial charge in [0.1, 0.15) is 0 Å². The molecule has 1 atom stereocenters. The molecule has 1 nitrogen and oxygen atoms in total. The lowest BCUT2D eigenvalue weighted by Gasteiger charge is -2.24. The highest BCUT2D eigenvalue weighted by atomic mass is 35.5. The van der Waals surface area contributed by atoms with Crippen LogP contribution in [0.15, 0.2) is 23.1 Å². The Morgan fingerprint density at radius 3 is 2.86 bits per heavy atom. The van der Waals surface area contributed by atoms with E-state index in [1.54, 1.807) is 0 Å². The Morgan fingerprint density at radius 2 is 2.29 bits per heavy atom. The van der Waals surface area contributed by atoms with Gasteiger partial charge < -0.3 is 5.32 Å². The van der Waals surface area contributed by atoms with Gasteiger partial charge in [-0.1, -0.05) is 24.6 Å². The molecular weight excluding hydrogens is 214 g/mol. The third-order valence-corrected chi connectivity index (χ3v) is 3.56. The van der Waals surface area contributed by atoms with Crippen LogP contribution in [0.2, 0.25) is 5.02 Å². The van der Waals surface area contributed by atoms with E-state index in [1.807, 2.05) is 12.1 Å². The first-order chi connectivity index (χ1) is 6.62. The lowest BCUT2D eigenvalue weighted by atomic mass is 9.82.